The van der Waals surface area contributed by atoms with Crippen molar-refractivity contribution in [3.05, 3.63) is 28.8 Å². The van der Waals surface area contributed by atoms with Gasteiger partial charge in [0.05, 0.1) is 24.7 Å². The summed E-state index contributed by atoms with van der Waals surface area (Å²) in [6.45, 7) is 12.5. The van der Waals surface area contributed by atoms with Crippen LogP contribution in [0.4, 0.5) is 0 Å². The van der Waals surface area contributed by atoms with Crippen LogP contribution in [0.5, 0.6) is 0 Å². The molecule has 2 aliphatic heterocycles. The van der Waals surface area contributed by atoms with Crippen molar-refractivity contribution in [1.82, 2.24) is 19.4 Å². The molecule has 0 spiro atoms. The molecular weight excluding hydrogens is 416 g/mol. The molecule has 2 heterocycles. The maximum absolute atomic E-state index is 13.7. The highest BCUT2D eigenvalue weighted by atomic mass is 32.2. The molecule has 0 radical (unpaired) electrons. The van der Waals surface area contributed by atoms with E-state index < -0.39 is 10.0 Å². The average Bonchev–Trinajstić information content (AvgIpc) is 2.73. The van der Waals surface area contributed by atoms with E-state index in [4.69, 9.17) is 4.74 Å². The molecule has 0 aromatic heterocycles. The Bertz CT molecular complexity index is 839. The maximum Gasteiger partial charge on any atom is 0.244 e. The van der Waals surface area contributed by atoms with Crippen LogP contribution in [-0.2, 0) is 19.6 Å². The van der Waals surface area contributed by atoms with Crippen LogP contribution in [0, 0.1) is 20.8 Å². The second-order valence-corrected chi connectivity index (χ2v) is 10.4. The molecule has 0 unspecified atom stereocenters. The Kier molecular flexibility index (Phi) is 8.46. The number of carbonyl (C=O) groups excluding carboxylic acids is 1. The topological polar surface area (TPSA) is 82.2 Å². The van der Waals surface area contributed by atoms with Crippen molar-refractivity contribution >= 4 is 15.9 Å². The lowest BCUT2D eigenvalue weighted by Gasteiger charge is -2.31. The van der Waals surface area contributed by atoms with Crippen LogP contribution in [0.25, 0.3) is 0 Å². The fourth-order valence-corrected chi connectivity index (χ4v) is 6.29. The quantitative estimate of drug-likeness (QED) is 0.627. The Balaban J connectivity index is 1.78. The molecule has 1 amide bonds. The van der Waals surface area contributed by atoms with Gasteiger partial charge in [-0.25, -0.2) is 8.42 Å². The first-order chi connectivity index (χ1) is 14.8. The predicted molar refractivity (Wildman–Crippen MR) is 121 cm³/mol. The second-order valence-electron chi connectivity index (χ2n) is 8.50. The Labute approximate surface area is 186 Å². The molecule has 31 heavy (non-hydrogen) atoms. The van der Waals surface area contributed by atoms with Crippen LogP contribution in [-0.4, -0.2) is 101 Å². The van der Waals surface area contributed by atoms with E-state index in [-0.39, 0.29) is 12.5 Å². The number of sulfonamides is 1. The number of ether oxygens (including phenoxy) is 1. The maximum atomic E-state index is 13.7. The average molecular weight is 453 g/mol. The van der Waals surface area contributed by atoms with Crippen LogP contribution in [0.3, 0.4) is 0 Å². The lowest BCUT2D eigenvalue weighted by Crippen LogP contribution is -2.50. The lowest BCUT2D eigenvalue weighted by molar-refractivity contribution is -0.132. The van der Waals surface area contributed by atoms with Crippen LogP contribution in [0.15, 0.2) is 17.0 Å². The SMILES string of the molecule is Cc1cc(C)c(S(=O)(=O)N(CCCN2CCOCC2)CC(=O)N2CCNCC2)c(C)c1. The number of rotatable bonds is 8. The molecule has 174 valence electrons. The number of piperazine rings is 1. The fraction of sp³-hybridized carbons (Fsp3) is 0.682. The van der Waals surface area contributed by atoms with Gasteiger partial charge in [-0.2, -0.15) is 4.31 Å². The number of hydrogen-bond acceptors (Lipinski definition) is 6. The summed E-state index contributed by atoms with van der Waals surface area (Å²) in [4.78, 5) is 17.3. The summed E-state index contributed by atoms with van der Waals surface area (Å²) in [5.74, 6) is -0.126. The number of morpholine rings is 1. The zero-order chi connectivity index (χ0) is 22.4. The summed E-state index contributed by atoms with van der Waals surface area (Å²) in [5, 5.41) is 3.23. The number of amides is 1. The highest BCUT2D eigenvalue weighted by Crippen LogP contribution is 2.25. The van der Waals surface area contributed by atoms with E-state index in [1.807, 2.05) is 32.9 Å². The number of aryl methyl sites for hydroxylation is 3. The summed E-state index contributed by atoms with van der Waals surface area (Å²) in [6, 6.07) is 3.79. The van der Waals surface area contributed by atoms with Crippen molar-refractivity contribution < 1.29 is 17.9 Å². The zero-order valence-corrected chi connectivity index (χ0v) is 19.8. The minimum Gasteiger partial charge on any atom is -0.379 e. The predicted octanol–water partition coefficient (Wildman–Crippen LogP) is 0.757. The van der Waals surface area contributed by atoms with Crippen molar-refractivity contribution in [3.63, 3.8) is 0 Å². The van der Waals surface area contributed by atoms with E-state index in [0.717, 1.165) is 49.4 Å². The van der Waals surface area contributed by atoms with Gasteiger partial charge in [-0.15, -0.1) is 0 Å². The molecule has 2 saturated heterocycles. The molecular formula is C22H36N4O4S. The van der Waals surface area contributed by atoms with Gasteiger partial charge in [-0.1, -0.05) is 17.7 Å². The van der Waals surface area contributed by atoms with Crippen molar-refractivity contribution in [2.75, 3.05) is 72.1 Å². The van der Waals surface area contributed by atoms with Gasteiger partial charge in [0.1, 0.15) is 0 Å². The van der Waals surface area contributed by atoms with E-state index in [2.05, 4.69) is 10.2 Å². The van der Waals surface area contributed by atoms with Crippen LogP contribution in [0.2, 0.25) is 0 Å². The van der Waals surface area contributed by atoms with E-state index >= 15 is 0 Å². The van der Waals surface area contributed by atoms with Crippen molar-refractivity contribution in [2.24, 2.45) is 0 Å². The molecule has 2 aliphatic rings. The summed E-state index contributed by atoms with van der Waals surface area (Å²) in [7, 11) is -3.79. The number of benzene rings is 1. The first-order valence-electron chi connectivity index (χ1n) is 11.2. The van der Waals surface area contributed by atoms with E-state index in [1.165, 1.54) is 4.31 Å². The molecule has 1 aromatic rings. The smallest absolute Gasteiger partial charge is 0.244 e. The Morgan fingerprint density at radius 3 is 2.29 bits per heavy atom. The molecule has 1 N–H and O–H groups in total. The summed E-state index contributed by atoms with van der Waals surface area (Å²) >= 11 is 0. The van der Waals surface area contributed by atoms with Gasteiger partial charge in [-0.3, -0.25) is 9.69 Å². The van der Waals surface area contributed by atoms with E-state index in [1.54, 1.807) is 4.90 Å². The third-order valence-electron chi connectivity index (χ3n) is 5.97. The minimum absolute atomic E-state index is 0.113. The molecule has 2 fully saturated rings. The van der Waals surface area contributed by atoms with Gasteiger partial charge >= 0.3 is 0 Å². The van der Waals surface area contributed by atoms with Crippen LogP contribution in [0.1, 0.15) is 23.1 Å². The standard InChI is InChI=1S/C22H36N4O4S/c1-18-15-19(2)22(20(3)16-18)31(28,29)26(8-4-7-24-11-13-30-14-12-24)17-21(27)25-9-5-23-6-10-25/h15-16,23H,4-14,17H2,1-3H3. The number of hydrogen-bond donors (Lipinski definition) is 1. The zero-order valence-electron chi connectivity index (χ0n) is 19.0. The van der Waals surface area contributed by atoms with Crippen molar-refractivity contribution in [1.29, 1.82) is 0 Å². The number of carbonyl (C=O) groups is 1. The minimum atomic E-state index is -3.79. The molecule has 9 heteroatoms. The second kappa shape index (κ2) is 10.9. The van der Waals surface area contributed by atoms with E-state index in [9.17, 15) is 13.2 Å². The molecule has 3 rings (SSSR count). The Morgan fingerprint density at radius 1 is 1.06 bits per heavy atom. The fourth-order valence-electron chi connectivity index (χ4n) is 4.45. The van der Waals surface area contributed by atoms with Gasteiger partial charge in [0, 0.05) is 45.8 Å². The summed E-state index contributed by atoms with van der Waals surface area (Å²) in [5.41, 5.74) is 2.49. The molecule has 0 bridgehead atoms. The highest BCUT2D eigenvalue weighted by Gasteiger charge is 2.31. The molecule has 1 aromatic carbocycles. The normalized spacial score (nSPS) is 18.5. The van der Waals surface area contributed by atoms with Gasteiger partial charge < -0.3 is 15.0 Å². The lowest BCUT2D eigenvalue weighted by atomic mass is 10.1. The largest absolute Gasteiger partial charge is 0.379 e. The molecule has 8 nitrogen and oxygen atoms in total. The monoisotopic (exact) mass is 452 g/mol. The Morgan fingerprint density at radius 2 is 1.68 bits per heavy atom. The molecule has 0 saturated carbocycles. The molecule has 0 atom stereocenters. The first-order valence-corrected chi connectivity index (χ1v) is 12.6. The number of nitrogens with zero attached hydrogens (tertiary/aromatic N) is 3. The van der Waals surface area contributed by atoms with Gasteiger partial charge in [0.2, 0.25) is 15.9 Å². The summed E-state index contributed by atoms with van der Waals surface area (Å²) in [6.07, 6.45) is 0.679. The third-order valence-corrected chi connectivity index (χ3v) is 8.12. The van der Waals surface area contributed by atoms with E-state index in [0.29, 0.717) is 44.2 Å². The van der Waals surface area contributed by atoms with Gasteiger partial charge in [0.25, 0.3) is 0 Å². The highest BCUT2D eigenvalue weighted by molar-refractivity contribution is 7.89. The van der Waals surface area contributed by atoms with Gasteiger partial charge in [-0.05, 0) is 44.9 Å². The third kappa shape index (κ3) is 6.26. The van der Waals surface area contributed by atoms with Crippen molar-refractivity contribution in [2.45, 2.75) is 32.1 Å². The van der Waals surface area contributed by atoms with Crippen LogP contribution >= 0.6 is 0 Å². The molecule has 0 aliphatic carbocycles. The van der Waals surface area contributed by atoms with Gasteiger partial charge in [0.15, 0.2) is 0 Å². The van der Waals surface area contributed by atoms with Crippen LogP contribution < -0.4 is 5.32 Å². The Hall–Kier alpha value is -1.52. The summed E-state index contributed by atoms with van der Waals surface area (Å²) < 4.78 is 34.2. The number of nitrogens with one attached hydrogen (secondary N) is 1. The van der Waals surface area contributed by atoms with Crippen molar-refractivity contribution in [3.8, 4) is 0 Å². The first kappa shape index (κ1) is 24.1.